The topological polar surface area (TPSA) is 58.9 Å². The van der Waals surface area contributed by atoms with E-state index in [1.54, 1.807) is 29.8 Å². The maximum Gasteiger partial charge on any atom is 0.270 e. The number of hydrogen-bond acceptors (Lipinski definition) is 4. The molecule has 3 rings (SSSR count). The lowest BCUT2D eigenvalue weighted by Gasteiger charge is -2.18. The first kappa shape index (κ1) is 16.2. The molecule has 2 aromatic heterocycles. The third-order valence-electron chi connectivity index (χ3n) is 4.38. The summed E-state index contributed by atoms with van der Waals surface area (Å²) in [4.78, 5) is 19.5. The third kappa shape index (κ3) is 3.06. The predicted octanol–water partition coefficient (Wildman–Crippen LogP) is 1.75. The summed E-state index contributed by atoms with van der Waals surface area (Å²) in [5.74, 6) is -0.151. The lowest BCUT2D eigenvalue weighted by atomic mass is 10.2. The van der Waals surface area contributed by atoms with Crippen LogP contribution in [-0.2, 0) is 4.74 Å². The summed E-state index contributed by atoms with van der Waals surface area (Å²) in [5.41, 5.74) is 1.92. The minimum atomic E-state index is -0.151. The summed E-state index contributed by atoms with van der Waals surface area (Å²) in [6.07, 6.45) is 1.72. The molecule has 0 aromatic carbocycles. The molecule has 1 saturated heterocycles. The van der Waals surface area contributed by atoms with Crippen molar-refractivity contribution in [2.45, 2.75) is 26.0 Å². The van der Waals surface area contributed by atoms with E-state index in [0.29, 0.717) is 22.1 Å². The highest BCUT2D eigenvalue weighted by atomic mass is 35.5. The average molecular weight is 337 g/mol. The van der Waals surface area contributed by atoms with Gasteiger partial charge in [-0.15, -0.1) is 0 Å². The largest absolute Gasteiger partial charge is 0.378 e. The number of carbonyl (C=O) groups excluding carboxylic acids is 1. The van der Waals surface area contributed by atoms with Crippen molar-refractivity contribution >= 4 is 23.2 Å². The van der Waals surface area contributed by atoms with Gasteiger partial charge in [0.15, 0.2) is 0 Å². The molecule has 1 N–H and O–H groups in total. The van der Waals surface area contributed by atoms with Crippen LogP contribution >= 0.6 is 11.6 Å². The Hall–Kier alpha value is -1.63. The lowest BCUT2D eigenvalue weighted by Crippen LogP contribution is -2.44. The van der Waals surface area contributed by atoms with Crippen LogP contribution in [0.5, 0.6) is 0 Å². The van der Waals surface area contributed by atoms with Crippen molar-refractivity contribution in [3.63, 3.8) is 0 Å². The van der Waals surface area contributed by atoms with E-state index in [9.17, 15) is 4.79 Å². The van der Waals surface area contributed by atoms with Crippen molar-refractivity contribution in [2.75, 3.05) is 26.7 Å². The van der Waals surface area contributed by atoms with E-state index < -0.39 is 0 Å². The Morgan fingerprint density at radius 2 is 2.26 bits per heavy atom. The normalized spacial score (nSPS) is 21.9. The monoisotopic (exact) mass is 336 g/mol. The van der Waals surface area contributed by atoms with Crippen LogP contribution in [0.2, 0.25) is 5.02 Å². The number of nitrogens with zero attached hydrogens (tertiary/aromatic N) is 3. The highest BCUT2D eigenvalue weighted by Crippen LogP contribution is 2.18. The van der Waals surface area contributed by atoms with Gasteiger partial charge in [0.05, 0.1) is 22.9 Å². The molecule has 0 saturated carbocycles. The van der Waals surface area contributed by atoms with Crippen LogP contribution in [0.15, 0.2) is 18.3 Å². The molecular formula is C16H21ClN4O2. The number of nitrogens with one attached hydrogen (secondary N) is 1. The molecule has 0 unspecified atom stereocenters. The van der Waals surface area contributed by atoms with Gasteiger partial charge in [0.2, 0.25) is 0 Å². The van der Waals surface area contributed by atoms with Crippen LogP contribution in [0.4, 0.5) is 0 Å². The molecule has 1 aliphatic rings. The van der Waals surface area contributed by atoms with Gasteiger partial charge in [0.1, 0.15) is 11.3 Å². The first-order valence-corrected chi connectivity index (χ1v) is 8.11. The van der Waals surface area contributed by atoms with E-state index in [2.05, 4.69) is 22.1 Å². The third-order valence-corrected chi connectivity index (χ3v) is 4.60. The van der Waals surface area contributed by atoms with E-state index in [-0.39, 0.29) is 18.1 Å². The molecule has 1 amide bonds. The van der Waals surface area contributed by atoms with Gasteiger partial charge < -0.3 is 10.1 Å². The first-order valence-electron chi connectivity index (χ1n) is 7.73. The lowest BCUT2D eigenvalue weighted by molar-refractivity contribution is 0.0758. The SMILES string of the molecule is CCN1C[C@H](NC(=O)c2c(C)nc3ccc(Cl)cn23)[C@@H](OC)C1. The van der Waals surface area contributed by atoms with Crippen molar-refractivity contribution < 1.29 is 9.53 Å². The number of likely N-dealkylation sites (tertiary alicyclic amines) is 1. The van der Waals surface area contributed by atoms with Gasteiger partial charge in [-0.2, -0.15) is 0 Å². The highest BCUT2D eigenvalue weighted by molar-refractivity contribution is 6.30. The van der Waals surface area contributed by atoms with Crippen LogP contribution in [-0.4, -0.2) is 59.1 Å². The van der Waals surface area contributed by atoms with Crippen LogP contribution in [0.3, 0.4) is 0 Å². The summed E-state index contributed by atoms with van der Waals surface area (Å²) >= 11 is 6.05. The van der Waals surface area contributed by atoms with Crippen LogP contribution in [0.25, 0.3) is 5.65 Å². The fourth-order valence-electron chi connectivity index (χ4n) is 3.13. The number of imidazole rings is 1. The van der Waals surface area contributed by atoms with Gasteiger partial charge in [-0.05, 0) is 25.6 Å². The number of likely N-dealkylation sites (N-methyl/N-ethyl adjacent to an activating group) is 1. The van der Waals surface area contributed by atoms with Gasteiger partial charge >= 0.3 is 0 Å². The quantitative estimate of drug-likeness (QED) is 0.924. The number of carbonyl (C=O) groups is 1. The Morgan fingerprint density at radius 3 is 2.96 bits per heavy atom. The number of aryl methyl sites for hydroxylation is 1. The van der Waals surface area contributed by atoms with Gasteiger partial charge in [-0.25, -0.2) is 4.98 Å². The molecule has 124 valence electrons. The molecule has 2 atom stereocenters. The fourth-order valence-corrected chi connectivity index (χ4v) is 3.29. The molecule has 0 bridgehead atoms. The van der Waals surface area contributed by atoms with Gasteiger partial charge in [-0.3, -0.25) is 14.1 Å². The fraction of sp³-hybridized carbons (Fsp3) is 0.500. The zero-order valence-corrected chi connectivity index (χ0v) is 14.3. The first-order chi connectivity index (χ1) is 11.0. The number of rotatable bonds is 4. The minimum absolute atomic E-state index is 0.00183. The number of amides is 1. The second-order valence-corrected chi connectivity index (χ2v) is 6.26. The van der Waals surface area contributed by atoms with Crippen molar-refractivity contribution in [3.05, 3.63) is 34.7 Å². The second-order valence-electron chi connectivity index (χ2n) is 5.83. The van der Waals surface area contributed by atoms with Crippen LogP contribution in [0.1, 0.15) is 23.1 Å². The second kappa shape index (κ2) is 6.47. The smallest absolute Gasteiger partial charge is 0.270 e. The van der Waals surface area contributed by atoms with Gasteiger partial charge in [0.25, 0.3) is 5.91 Å². The maximum atomic E-state index is 12.8. The molecule has 1 aliphatic heterocycles. The van der Waals surface area contributed by atoms with Crippen molar-refractivity contribution in [3.8, 4) is 0 Å². The molecule has 6 nitrogen and oxygen atoms in total. The average Bonchev–Trinajstić information content (AvgIpc) is 3.06. The Balaban J connectivity index is 1.86. The van der Waals surface area contributed by atoms with Crippen LogP contribution < -0.4 is 5.32 Å². The molecule has 0 aliphatic carbocycles. The van der Waals surface area contributed by atoms with E-state index in [1.165, 1.54) is 0 Å². The molecule has 2 aromatic rings. The van der Waals surface area contributed by atoms with Crippen molar-refractivity contribution in [1.82, 2.24) is 19.6 Å². The van der Waals surface area contributed by atoms with E-state index >= 15 is 0 Å². The maximum absolute atomic E-state index is 12.8. The number of methoxy groups -OCH3 is 1. The number of halogens is 1. The van der Waals surface area contributed by atoms with E-state index in [0.717, 1.165) is 19.6 Å². The van der Waals surface area contributed by atoms with Crippen molar-refractivity contribution in [2.24, 2.45) is 0 Å². The number of pyridine rings is 1. The molecule has 23 heavy (non-hydrogen) atoms. The summed E-state index contributed by atoms with van der Waals surface area (Å²) in [6.45, 7) is 6.49. The molecule has 3 heterocycles. The van der Waals surface area contributed by atoms with E-state index in [1.807, 2.05) is 6.92 Å². The van der Waals surface area contributed by atoms with Crippen LogP contribution in [0, 0.1) is 6.92 Å². The zero-order chi connectivity index (χ0) is 16.6. The summed E-state index contributed by atoms with van der Waals surface area (Å²) in [5, 5.41) is 3.66. The number of hydrogen-bond donors (Lipinski definition) is 1. The Labute approximate surface area is 140 Å². The molecule has 0 spiro atoms. The Kier molecular flexibility index (Phi) is 4.57. The molecule has 7 heteroatoms. The number of aromatic nitrogens is 2. The highest BCUT2D eigenvalue weighted by Gasteiger charge is 2.34. The van der Waals surface area contributed by atoms with E-state index in [4.69, 9.17) is 16.3 Å². The zero-order valence-electron chi connectivity index (χ0n) is 13.5. The Morgan fingerprint density at radius 1 is 1.48 bits per heavy atom. The Bertz CT molecular complexity index is 730. The number of fused-ring (bicyclic) bond motifs is 1. The summed E-state index contributed by atoms with van der Waals surface area (Å²) in [7, 11) is 1.68. The number of ether oxygens (including phenoxy) is 1. The molecular weight excluding hydrogens is 316 g/mol. The molecule has 0 radical (unpaired) electrons. The predicted molar refractivity (Wildman–Crippen MR) is 89.1 cm³/mol. The molecule has 1 fully saturated rings. The standard InChI is InChI=1S/C16H21ClN4O2/c1-4-20-8-12(13(9-20)23-3)19-16(22)15-10(2)18-14-6-5-11(17)7-21(14)15/h5-7,12-13H,4,8-9H2,1-3H3,(H,19,22)/t12-,13-/m0/s1. The van der Waals surface area contributed by atoms with Crippen molar-refractivity contribution in [1.29, 1.82) is 0 Å². The summed E-state index contributed by atoms with van der Waals surface area (Å²) in [6, 6.07) is 3.54. The van der Waals surface area contributed by atoms with Gasteiger partial charge in [-0.1, -0.05) is 18.5 Å². The summed E-state index contributed by atoms with van der Waals surface area (Å²) < 4.78 is 7.25. The van der Waals surface area contributed by atoms with Gasteiger partial charge in [0, 0.05) is 26.4 Å². The minimum Gasteiger partial charge on any atom is -0.378 e.